The van der Waals surface area contributed by atoms with Crippen LogP contribution in [0.4, 0.5) is 11.4 Å². The number of nitrogens with one attached hydrogen (secondary N) is 3. The summed E-state index contributed by atoms with van der Waals surface area (Å²) < 4.78 is 11.1. The van der Waals surface area contributed by atoms with Crippen LogP contribution in [0, 0.1) is 5.92 Å². The van der Waals surface area contributed by atoms with Gasteiger partial charge < -0.3 is 31.2 Å². The van der Waals surface area contributed by atoms with Crippen molar-refractivity contribution < 1.29 is 14.3 Å². The van der Waals surface area contributed by atoms with Gasteiger partial charge in [-0.15, -0.1) is 0 Å². The summed E-state index contributed by atoms with van der Waals surface area (Å²) in [4.78, 5) is 32.1. The highest BCUT2D eigenvalue weighted by atomic mass is 16.7. The van der Waals surface area contributed by atoms with Gasteiger partial charge in [0.05, 0.1) is 34.7 Å². The van der Waals surface area contributed by atoms with Crippen molar-refractivity contribution in [2.75, 3.05) is 37.1 Å². The topological polar surface area (TPSA) is 149 Å². The number of piperidine rings is 1. The Morgan fingerprint density at radius 2 is 1.89 bits per heavy atom. The first-order valence-electron chi connectivity index (χ1n) is 16.2. The maximum Gasteiger partial charge on any atom is 0.231 e. The normalized spacial score (nSPS) is 17.2. The first-order valence-corrected chi connectivity index (χ1v) is 16.2. The highest BCUT2D eigenvalue weighted by Crippen LogP contribution is 2.39. The van der Waals surface area contributed by atoms with E-state index in [0.29, 0.717) is 42.4 Å². The predicted octanol–water partition coefficient (Wildman–Crippen LogP) is 4.84. The number of pyridine rings is 3. The Morgan fingerprint density at radius 1 is 1.00 bits per heavy atom. The fourth-order valence-corrected chi connectivity index (χ4v) is 6.78. The van der Waals surface area contributed by atoms with Crippen LogP contribution in [0.5, 0.6) is 11.5 Å². The molecule has 0 spiro atoms. The first kappa shape index (κ1) is 29.1. The number of hydrogen-bond acceptors (Lipinski definition) is 10. The molecule has 11 nitrogen and oxygen atoms in total. The summed E-state index contributed by atoms with van der Waals surface area (Å²) in [6.45, 7) is 2.82. The van der Waals surface area contributed by atoms with Gasteiger partial charge in [0.15, 0.2) is 11.5 Å². The van der Waals surface area contributed by atoms with Gasteiger partial charge in [-0.2, -0.15) is 0 Å². The lowest BCUT2D eigenvalue weighted by Gasteiger charge is -2.25. The molecule has 1 amide bonds. The van der Waals surface area contributed by atoms with E-state index < -0.39 is 0 Å². The zero-order chi connectivity index (χ0) is 31.7. The Hall–Kier alpha value is -5.29. The standard InChI is InChI=1S/C36H36N8O3/c37-27-17-26-29(9-13-41-33(26)23-4-6-30-31(16-23)47-20-46-30)44-35(27)36-34-22(2-1-10-40-36)3-5-28(43-34)24-15-25(19-39-18-24)42-32(45)14-21-7-11-38-12-8-21/h3-6,9,13,15-16,18-19,21,38,44H,1-2,7-8,10-12,14,17,20,37H2,(H,42,45). The summed E-state index contributed by atoms with van der Waals surface area (Å²) in [7, 11) is 0. The van der Waals surface area contributed by atoms with Crippen molar-refractivity contribution in [3.8, 4) is 34.0 Å². The summed E-state index contributed by atoms with van der Waals surface area (Å²) in [6, 6.07) is 13.9. The second-order valence-corrected chi connectivity index (χ2v) is 12.4. The largest absolute Gasteiger partial charge is 0.454 e. The number of nitrogens with zero attached hydrogens (tertiary/aromatic N) is 4. The number of hydrogen-bond donors (Lipinski definition) is 4. The first-order chi connectivity index (χ1) is 23.1. The molecule has 4 aromatic rings. The highest BCUT2D eigenvalue weighted by molar-refractivity contribution is 6.15. The molecule has 11 heteroatoms. The average molecular weight is 629 g/mol. The number of allylic oxidation sites excluding steroid dienone is 2. The SMILES string of the molecule is NC1=C(C2=NCCCc3ccc(-c4cncc(NC(=O)CC5CCNCC5)c4)nc32)Nc2ccnc(-c3ccc4c(c3)OCO4)c2C1. The number of carbonyl (C=O) groups is 1. The number of benzene rings is 1. The molecule has 8 rings (SSSR count). The third kappa shape index (κ3) is 5.90. The smallest absolute Gasteiger partial charge is 0.231 e. The molecule has 5 N–H and O–H groups in total. The molecule has 4 aliphatic rings. The van der Waals surface area contributed by atoms with Gasteiger partial charge in [0, 0.05) is 59.9 Å². The van der Waals surface area contributed by atoms with E-state index in [-0.39, 0.29) is 12.7 Å². The van der Waals surface area contributed by atoms with Crippen LogP contribution >= 0.6 is 0 Å². The molecule has 4 aliphatic heterocycles. The molecule has 0 radical (unpaired) electrons. The maximum atomic E-state index is 12.8. The van der Waals surface area contributed by atoms with Crippen LogP contribution in [0.15, 0.2) is 77.4 Å². The van der Waals surface area contributed by atoms with Gasteiger partial charge in [-0.25, -0.2) is 4.98 Å². The summed E-state index contributed by atoms with van der Waals surface area (Å²) in [6.07, 6.45) is 10.1. The van der Waals surface area contributed by atoms with Crippen molar-refractivity contribution >= 4 is 23.0 Å². The van der Waals surface area contributed by atoms with E-state index in [0.717, 1.165) is 101 Å². The molecule has 47 heavy (non-hydrogen) atoms. The Kier molecular flexibility index (Phi) is 7.74. The van der Waals surface area contributed by atoms with Crippen molar-refractivity contribution in [1.29, 1.82) is 0 Å². The molecule has 0 bridgehead atoms. The minimum atomic E-state index is 0.0168. The van der Waals surface area contributed by atoms with Crippen LogP contribution in [0.3, 0.4) is 0 Å². The molecule has 0 atom stereocenters. The van der Waals surface area contributed by atoms with E-state index in [9.17, 15) is 4.79 Å². The molecule has 0 unspecified atom stereocenters. The van der Waals surface area contributed by atoms with Gasteiger partial charge >= 0.3 is 0 Å². The van der Waals surface area contributed by atoms with Crippen molar-refractivity contribution in [3.63, 3.8) is 0 Å². The van der Waals surface area contributed by atoms with Crippen LogP contribution in [0.2, 0.25) is 0 Å². The molecule has 1 saturated heterocycles. The molecule has 7 heterocycles. The number of aliphatic imine (C=N–C) groups is 1. The number of fused-ring (bicyclic) bond motifs is 3. The van der Waals surface area contributed by atoms with Crippen LogP contribution in [0.25, 0.3) is 22.5 Å². The molecule has 0 aliphatic carbocycles. The molecular formula is C36H36N8O3. The van der Waals surface area contributed by atoms with Crippen LogP contribution in [0.1, 0.15) is 42.5 Å². The highest BCUT2D eigenvalue weighted by Gasteiger charge is 2.28. The number of anilines is 2. The average Bonchev–Trinajstić information content (AvgIpc) is 3.47. The third-order valence-electron chi connectivity index (χ3n) is 9.21. The van der Waals surface area contributed by atoms with Gasteiger partial charge in [0.2, 0.25) is 12.7 Å². The van der Waals surface area contributed by atoms with Gasteiger partial charge in [-0.05, 0) is 86.7 Å². The third-order valence-corrected chi connectivity index (χ3v) is 9.21. The molecule has 3 aromatic heterocycles. The number of carbonyl (C=O) groups excluding carboxylic acids is 1. The zero-order valence-corrected chi connectivity index (χ0v) is 26.0. The maximum absolute atomic E-state index is 12.8. The van der Waals surface area contributed by atoms with Crippen molar-refractivity contribution in [2.45, 2.75) is 38.5 Å². The lowest BCUT2D eigenvalue weighted by molar-refractivity contribution is -0.117. The Morgan fingerprint density at radius 3 is 2.81 bits per heavy atom. The lowest BCUT2D eigenvalue weighted by atomic mass is 9.94. The van der Waals surface area contributed by atoms with E-state index in [1.54, 1.807) is 18.6 Å². The second kappa shape index (κ2) is 12.5. The van der Waals surface area contributed by atoms with E-state index in [1.807, 2.05) is 36.4 Å². The Labute approximate surface area is 272 Å². The van der Waals surface area contributed by atoms with E-state index in [4.69, 9.17) is 30.2 Å². The second-order valence-electron chi connectivity index (χ2n) is 12.4. The molecule has 238 valence electrons. The minimum absolute atomic E-state index is 0.0168. The van der Waals surface area contributed by atoms with Gasteiger partial charge in [-0.1, -0.05) is 6.07 Å². The van der Waals surface area contributed by atoms with Crippen molar-refractivity contribution in [1.82, 2.24) is 20.3 Å². The molecule has 1 fully saturated rings. The minimum Gasteiger partial charge on any atom is -0.454 e. The predicted molar refractivity (Wildman–Crippen MR) is 180 cm³/mol. The Balaban J connectivity index is 1.07. The summed E-state index contributed by atoms with van der Waals surface area (Å²) in [5, 5.41) is 10.00. The van der Waals surface area contributed by atoms with Gasteiger partial charge in [-0.3, -0.25) is 19.8 Å². The van der Waals surface area contributed by atoms with Gasteiger partial charge in [0.25, 0.3) is 0 Å². The van der Waals surface area contributed by atoms with E-state index in [1.165, 1.54) is 0 Å². The number of amides is 1. The number of rotatable bonds is 6. The summed E-state index contributed by atoms with van der Waals surface area (Å²) in [5.41, 5.74) is 16.9. The number of nitrogens with two attached hydrogens (primary N) is 1. The summed E-state index contributed by atoms with van der Waals surface area (Å²) in [5.74, 6) is 1.87. The zero-order valence-electron chi connectivity index (χ0n) is 26.0. The van der Waals surface area contributed by atoms with Gasteiger partial charge in [0.1, 0.15) is 5.71 Å². The van der Waals surface area contributed by atoms with Crippen LogP contribution < -0.4 is 31.2 Å². The van der Waals surface area contributed by atoms with Crippen molar-refractivity contribution in [2.24, 2.45) is 16.6 Å². The lowest BCUT2D eigenvalue weighted by Crippen LogP contribution is -2.30. The van der Waals surface area contributed by atoms with Crippen LogP contribution in [-0.2, 0) is 17.6 Å². The fraction of sp³-hybridized carbons (Fsp3) is 0.306. The number of ether oxygens (including phenoxy) is 2. The molecular weight excluding hydrogens is 592 g/mol. The van der Waals surface area contributed by atoms with E-state index >= 15 is 0 Å². The quantitative estimate of drug-likeness (QED) is 0.235. The number of aryl methyl sites for hydroxylation is 1. The Bertz CT molecular complexity index is 1930. The van der Waals surface area contributed by atoms with Crippen LogP contribution in [-0.4, -0.2) is 53.0 Å². The molecule has 0 saturated carbocycles. The summed E-state index contributed by atoms with van der Waals surface area (Å²) >= 11 is 0. The fourth-order valence-electron chi connectivity index (χ4n) is 6.78. The van der Waals surface area contributed by atoms with E-state index in [2.05, 4.69) is 27.0 Å². The monoisotopic (exact) mass is 628 g/mol. The van der Waals surface area contributed by atoms with Crippen molar-refractivity contribution in [3.05, 3.63) is 89.3 Å². The molecule has 1 aromatic carbocycles. The number of aromatic nitrogens is 3.